The van der Waals surface area contributed by atoms with Crippen LogP contribution in [0.3, 0.4) is 0 Å². The van der Waals surface area contributed by atoms with E-state index in [2.05, 4.69) is 10.6 Å². The van der Waals surface area contributed by atoms with Crippen LogP contribution >= 0.6 is 10.8 Å². The summed E-state index contributed by atoms with van der Waals surface area (Å²) in [5.41, 5.74) is 0.393. The normalized spacial score (nSPS) is 26.4. The molecule has 258 valence electrons. The molecule has 0 aromatic rings. The molecular weight excluding hydrogens is 640 g/mol. The summed E-state index contributed by atoms with van der Waals surface area (Å²) in [4.78, 5) is 36.7. The van der Waals surface area contributed by atoms with E-state index in [-0.39, 0.29) is 59.2 Å². The maximum atomic E-state index is 12.2. The number of carbonyl (C=O) groups is 3. The van der Waals surface area contributed by atoms with Crippen LogP contribution < -0.4 is 10.6 Å². The third kappa shape index (κ3) is 11.0. The Bertz CT molecular complexity index is 1340. The number of hydrogen-bond acceptors (Lipinski definition) is 12. The Hall–Kier alpha value is -2.53. The summed E-state index contributed by atoms with van der Waals surface area (Å²) < 4.78 is 34.3. The van der Waals surface area contributed by atoms with Gasteiger partial charge in [-0.1, -0.05) is 44.8 Å². The van der Waals surface area contributed by atoms with Gasteiger partial charge in [-0.2, -0.15) is 0 Å². The maximum absolute atomic E-state index is 12.2. The zero-order valence-electron chi connectivity index (χ0n) is 26.4. The highest BCUT2D eigenvalue weighted by molar-refractivity contribution is 8.75. The largest absolute Gasteiger partial charge is 0.463 e. The predicted octanol–water partition coefficient (Wildman–Crippen LogP) is 1.64. The fourth-order valence-corrected chi connectivity index (χ4v) is 8.00. The zero-order valence-corrected chi connectivity index (χ0v) is 28.0. The Morgan fingerprint density at radius 2 is 1.80 bits per heavy atom. The van der Waals surface area contributed by atoms with Crippen molar-refractivity contribution in [1.82, 2.24) is 10.6 Å². The summed E-state index contributed by atoms with van der Waals surface area (Å²) >= 11 is 0. The SMILES string of the molecule is C/C(=C\C(=O)OCCCCCCCCC(=O)NC1=C2SS(=O)(=O)C=C2NC1=O)C(O)C1OCC(C/C=C/C(C)C(C)O)C(O)C1O. The Balaban J connectivity index is 1.26. The van der Waals surface area contributed by atoms with Crippen molar-refractivity contribution >= 4 is 37.4 Å². The first-order valence-electron chi connectivity index (χ1n) is 15.6. The molecule has 1 fully saturated rings. The highest BCUT2D eigenvalue weighted by Crippen LogP contribution is 2.41. The van der Waals surface area contributed by atoms with Crippen molar-refractivity contribution in [2.45, 2.75) is 103 Å². The van der Waals surface area contributed by atoms with E-state index in [0.717, 1.165) is 37.2 Å². The molecule has 3 aliphatic rings. The average Bonchev–Trinajstić information content (AvgIpc) is 3.43. The van der Waals surface area contributed by atoms with Gasteiger partial charge < -0.3 is 40.5 Å². The molecule has 3 aliphatic heterocycles. The Labute approximate surface area is 273 Å². The van der Waals surface area contributed by atoms with E-state index in [1.165, 1.54) is 6.92 Å². The van der Waals surface area contributed by atoms with E-state index < -0.39 is 51.3 Å². The van der Waals surface area contributed by atoms with Gasteiger partial charge in [-0.05, 0) is 44.6 Å². The second kappa shape index (κ2) is 17.6. The number of aliphatic hydroxyl groups excluding tert-OH is 4. The van der Waals surface area contributed by atoms with E-state index in [9.17, 15) is 43.2 Å². The maximum Gasteiger partial charge on any atom is 0.330 e. The van der Waals surface area contributed by atoms with Crippen molar-refractivity contribution < 1.29 is 52.7 Å². The monoisotopic (exact) mass is 686 g/mol. The minimum Gasteiger partial charge on any atom is -0.463 e. The minimum absolute atomic E-state index is 0.0345. The topological polar surface area (TPSA) is 209 Å². The van der Waals surface area contributed by atoms with E-state index >= 15 is 0 Å². The van der Waals surface area contributed by atoms with Gasteiger partial charge in [0.2, 0.25) is 14.8 Å². The molecule has 0 aromatic carbocycles. The van der Waals surface area contributed by atoms with E-state index in [4.69, 9.17) is 9.47 Å². The number of hydrogen-bond donors (Lipinski definition) is 6. The lowest BCUT2D eigenvalue weighted by atomic mass is 9.86. The number of allylic oxidation sites excluding steroid dienone is 1. The second-order valence-corrected chi connectivity index (χ2v) is 15.7. The summed E-state index contributed by atoms with van der Waals surface area (Å²) in [5.74, 6) is -1.95. The fourth-order valence-electron chi connectivity index (χ4n) is 5.11. The molecule has 6 N–H and O–H groups in total. The van der Waals surface area contributed by atoms with Gasteiger partial charge in [0, 0.05) is 29.2 Å². The van der Waals surface area contributed by atoms with Gasteiger partial charge in [0.25, 0.3) is 5.91 Å². The van der Waals surface area contributed by atoms with Crippen LogP contribution in [-0.4, -0.2) is 90.4 Å². The van der Waals surface area contributed by atoms with Gasteiger partial charge >= 0.3 is 5.97 Å². The molecule has 15 heteroatoms. The molecule has 2 amide bonds. The average molecular weight is 687 g/mol. The third-order valence-electron chi connectivity index (χ3n) is 8.15. The summed E-state index contributed by atoms with van der Waals surface area (Å²) in [6.45, 7) is 5.38. The molecule has 0 aliphatic carbocycles. The van der Waals surface area contributed by atoms with Gasteiger partial charge in [-0.15, -0.1) is 0 Å². The molecule has 0 radical (unpaired) electrons. The molecule has 3 heterocycles. The number of carbonyl (C=O) groups excluding carboxylic acids is 3. The second-order valence-electron chi connectivity index (χ2n) is 12.0. The molecule has 0 saturated carbocycles. The summed E-state index contributed by atoms with van der Waals surface area (Å²) in [7, 11) is -2.96. The molecule has 7 atom stereocenters. The number of ether oxygens (including phenoxy) is 2. The van der Waals surface area contributed by atoms with E-state index in [1.807, 2.05) is 19.1 Å². The molecule has 0 spiro atoms. The molecule has 0 aromatic heterocycles. The van der Waals surface area contributed by atoms with Crippen molar-refractivity contribution in [3.05, 3.63) is 45.5 Å². The number of fused-ring (bicyclic) bond motifs is 1. The molecule has 1 saturated heterocycles. The number of rotatable bonds is 17. The lowest BCUT2D eigenvalue weighted by Gasteiger charge is -2.39. The standard InChI is InChI=1S/C31H46N2O11S2/c1-18(20(3)34)11-10-12-21-16-44-29(28(39)27(21)38)26(37)19(2)15-24(36)43-14-9-7-5-4-6-8-13-23(35)33-25-30-22(32-31(25)40)17-46(41,42)45-30/h10-11,15,17-18,20-21,26-29,34,37-39H,4-9,12-14,16H2,1-3H3,(H,32,40)(H,33,35)/b11-10+,19-15+. The summed E-state index contributed by atoms with van der Waals surface area (Å²) in [5, 5.41) is 47.3. The lowest BCUT2D eigenvalue weighted by Crippen LogP contribution is -2.54. The van der Waals surface area contributed by atoms with Crippen LogP contribution in [0.5, 0.6) is 0 Å². The highest BCUT2D eigenvalue weighted by atomic mass is 33.1. The molecule has 0 bridgehead atoms. The zero-order chi connectivity index (χ0) is 34.0. The van der Waals surface area contributed by atoms with Crippen molar-refractivity contribution in [3.8, 4) is 0 Å². The van der Waals surface area contributed by atoms with Crippen molar-refractivity contribution in [2.24, 2.45) is 11.8 Å². The molecule has 13 nitrogen and oxygen atoms in total. The summed E-state index contributed by atoms with van der Waals surface area (Å²) in [6.07, 6.45) is 4.60. The van der Waals surface area contributed by atoms with Gasteiger partial charge in [-0.25, -0.2) is 13.2 Å². The number of aliphatic hydroxyl groups is 4. The van der Waals surface area contributed by atoms with Crippen LogP contribution in [0.1, 0.15) is 72.1 Å². The molecular formula is C31H46N2O11S2. The van der Waals surface area contributed by atoms with Crippen LogP contribution in [0.25, 0.3) is 0 Å². The van der Waals surface area contributed by atoms with Crippen LogP contribution in [0.4, 0.5) is 0 Å². The number of esters is 1. The van der Waals surface area contributed by atoms with Crippen LogP contribution in [0.2, 0.25) is 0 Å². The number of amides is 2. The number of unbranched alkanes of at least 4 members (excludes halogenated alkanes) is 5. The van der Waals surface area contributed by atoms with E-state index in [1.54, 1.807) is 6.92 Å². The number of nitrogens with one attached hydrogen (secondary N) is 2. The van der Waals surface area contributed by atoms with Crippen LogP contribution in [-0.2, 0) is 32.7 Å². The fraction of sp³-hybridized carbons (Fsp3) is 0.645. The van der Waals surface area contributed by atoms with E-state index in [0.29, 0.717) is 30.1 Å². The highest BCUT2D eigenvalue weighted by Gasteiger charge is 2.42. The van der Waals surface area contributed by atoms with Crippen LogP contribution in [0.15, 0.2) is 45.5 Å². The van der Waals surface area contributed by atoms with Crippen LogP contribution in [0, 0.1) is 11.8 Å². The van der Waals surface area contributed by atoms with Crippen molar-refractivity contribution in [2.75, 3.05) is 13.2 Å². The van der Waals surface area contributed by atoms with Gasteiger partial charge in [0.1, 0.15) is 24.0 Å². The predicted molar refractivity (Wildman–Crippen MR) is 171 cm³/mol. The van der Waals surface area contributed by atoms with Gasteiger partial charge in [0.05, 0.1) is 41.4 Å². The first kappa shape index (κ1) is 37.9. The quantitative estimate of drug-likeness (QED) is 0.0424. The minimum atomic E-state index is -3.50. The first-order valence-corrected chi connectivity index (χ1v) is 18.5. The molecule has 46 heavy (non-hydrogen) atoms. The Morgan fingerprint density at radius 3 is 2.50 bits per heavy atom. The summed E-state index contributed by atoms with van der Waals surface area (Å²) in [6, 6.07) is 0. The van der Waals surface area contributed by atoms with Crippen molar-refractivity contribution in [3.63, 3.8) is 0 Å². The van der Waals surface area contributed by atoms with Gasteiger partial charge in [-0.3, -0.25) is 9.59 Å². The van der Waals surface area contributed by atoms with Crippen molar-refractivity contribution in [1.29, 1.82) is 0 Å². The lowest BCUT2D eigenvalue weighted by molar-refractivity contribution is -0.187. The molecule has 3 rings (SSSR count). The molecule has 7 unspecified atom stereocenters. The first-order chi connectivity index (χ1) is 21.7. The smallest absolute Gasteiger partial charge is 0.330 e. The van der Waals surface area contributed by atoms with Gasteiger partial charge in [0.15, 0.2) is 0 Å². The Kier molecular flexibility index (Phi) is 14.5. The Morgan fingerprint density at radius 1 is 1.13 bits per heavy atom. The third-order valence-corrected chi connectivity index (χ3v) is 11.0.